The smallest absolute Gasteiger partial charge is 0.224 e. The first kappa shape index (κ1) is 15.3. The molecule has 1 aliphatic rings. The zero-order valence-electron chi connectivity index (χ0n) is 12.4. The van der Waals surface area contributed by atoms with E-state index in [1.54, 1.807) is 19.4 Å². The first-order chi connectivity index (χ1) is 9.28. The predicted octanol–water partition coefficient (Wildman–Crippen LogP) is 2.60. The van der Waals surface area contributed by atoms with Gasteiger partial charge in [0, 0.05) is 24.8 Å². The number of halogens is 1. The van der Waals surface area contributed by atoms with E-state index in [0.717, 1.165) is 12.0 Å². The van der Waals surface area contributed by atoms with Gasteiger partial charge in [0.05, 0.1) is 12.0 Å². The van der Waals surface area contributed by atoms with Crippen LogP contribution in [0.4, 0.5) is 0 Å². The highest BCUT2D eigenvalue weighted by molar-refractivity contribution is 6.29. The van der Waals surface area contributed by atoms with Gasteiger partial charge in [0.2, 0.25) is 5.91 Å². The standard InChI is InChI=1S/C15H21ClN2O2/c1-14(2)11(8-15(14,3)20-4)18-13(19)7-10-5-6-12(16)17-9-10/h5-6,9,11H,7-8H2,1-4H3,(H,18,19)/t11-,15-/m0/s1. The highest BCUT2D eigenvalue weighted by atomic mass is 35.5. The van der Waals surface area contributed by atoms with Gasteiger partial charge in [-0.3, -0.25) is 4.79 Å². The van der Waals surface area contributed by atoms with Crippen molar-refractivity contribution in [1.29, 1.82) is 0 Å². The SMILES string of the molecule is CO[C@@]1(C)C[C@H](NC(=O)Cc2ccc(Cl)nc2)C1(C)C. The molecule has 5 heteroatoms. The fraction of sp³-hybridized carbons (Fsp3) is 0.600. The number of rotatable bonds is 4. The molecular formula is C15H21ClN2O2. The summed E-state index contributed by atoms with van der Waals surface area (Å²) in [4.78, 5) is 16.1. The molecule has 1 fully saturated rings. The summed E-state index contributed by atoms with van der Waals surface area (Å²) in [5, 5.41) is 3.51. The average Bonchev–Trinajstić information content (AvgIpc) is 2.40. The van der Waals surface area contributed by atoms with E-state index in [0.29, 0.717) is 11.6 Å². The van der Waals surface area contributed by atoms with E-state index in [9.17, 15) is 4.79 Å². The van der Waals surface area contributed by atoms with E-state index in [2.05, 4.69) is 31.1 Å². The Balaban J connectivity index is 1.92. The molecule has 110 valence electrons. The fourth-order valence-corrected chi connectivity index (χ4v) is 2.78. The lowest BCUT2D eigenvalue weighted by Crippen LogP contribution is -2.68. The van der Waals surface area contributed by atoms with Gasteiger partial charge in [0.15, 0.2) is 0 Å². The Morgan fingerprint density at radius 3 is 2.70 bits per heavy atom. The van der Waals surface area contributed by atoms with Crippen molar-refractivity contribution < 1.29 is 9.53 Å². The minimum Gasteiger partial charge on any atom is -0.378 e. The third-order valence-corrected chi connectivity index (χ3v) is 4.99. The van der Waals surface area contributed by atoms with E-state index in [1.165, 1.54) is 0 Å². The molecule has 1 saturated carbocycles. The van der Waals surface area contributed by atoms with E-state index < -0.39 is 0 Å². The Bertz CT molecular complexity index is 501. The number of hydrogen-bond donors (Lipinski definition) is 1. The molecule has 20 heavy (non-hydrogen) atoms. The van der Waals surface area contributed by atoms with Crippen LogP contribution in [-0.4, -0.2) is 29.6 Å². The van der Waals surface area contributed by atoms with Crippen LogP contribution >= 0.6 is 11.6 Å². The first-order valence-corrected chi connectivity index (χ1v) is 7.11. The summed E-state index contributed by atoms with van der Waals surface area (Å²) in [7, 11) is 1.72. The van der Waals surface area contributed by atoms with Gasteiger partial charge in [-0.05, 0) is 25.0 Å². The number of methoxy groups -OCH3 is 1. The van der Waals surface area contributed by atoms with Crippen LogP contribution in [0.5, 0.6) is 0 Å². The second-order valence-corrected chi connectivity index (χ2v) is 6.53. The van der Waals surface area contributed by atoms with Crippen molar-refractivity contribution in [2.75, 3.05) is 7.11 Å². The van der Waals surface area contributed by atoms with Gasteiger partial charge in [-0.15, -0.1) is 0 Å². The molecule has 0 aliphatic heterocycles. The number of amides is 1. The van der Waals surface area contributed by atoms with Gasteiger partial charge >= 0.3 is 0 Å². The van der Waals surface area contributed by atoms with Crippen molar-refractivity contribution in [2.24, 2.45) is 5.41 Å². The highest BCUT2D eigenvalue weighted by Crippen LogP contribution is 2.51. The molecule has 2 atom stereocenters. The molecule has 0 saturated heterocycles. The van der Waals surface area contributed by atoms with Crippen molar-refractivity contribution in [3.05, 3.63) is 29.0 Å². The third kappa shape index (κ3) is 2.67. The lowest BCUT2D eigenvalue weighted by Gasteiger charge is -2.59. The van der Waals surface area contributed by atoms with Crippen LogP contribution in [0.15, 0.2) is 18.3 Å². The number of pyridine rings is 1. The molecule has 1 aromatic rings. The Morgan fingerprint density at radius 2 is 2.20 bits per heavy atom. The van der Waals surface area contributed by atoms with Crippen molar-refractivity contribution in [3.8, 4) is 0 Å². The van der Waals surface area contributed by atoms with E-state index in [1.807, 2.05) is 6.07 Å². The number of nitrogens with zero attached hydrogens (tertiary/aromatic N) is 1. The second kappa shape index (κ2) is 5.34. The quantitative estimate of drug-likeness (QED) is 0.869. The molecule has 0 unspecified atom stereocenters. The van der Waals surface area contributed by atoms with Crippen LogP contribution in [0.25, 0.3) is 0 Å². The second-order valence-electron chi connectivity index (χ2n) is 6.15. The summed E-state index contributed by atoms with van der Waals surface area (Å²) < 4.78 is 5.56. The van der Waals surface area contributed by atoms with E-state index in [-0.39, 0.29) is 23.0 Å². The largest absolute Gasteiger partial charge is 0.378 e. The van der Waals surface area contributed by atoms with Gasteiger partial charge in [-0.2, -0.15) is 0 Å². The van der Waals surface area contributed by atoms with E-state index >= 15 is 0 Å². The Hall–Kier alpha value is -1.13. The fourth-order valence-electron chi connectivity index (χ4n) is 2.66. The Labute approximate surface area is 124 Å². The normalized spacial score (nSPS) is 27.8. The Morgan fingerprint density at radius 1 is 1.50 bits per heavy atom. The van der Waals surface area contributed by atoms with Gasteiger partial charge < -0.3 is 10.1 Å². The third-order valence-electron chi connectivity index (χ3n) is 4.77. The summed E-state index contributed by atoms with van der Waals surface area (Å²) >= 11 is 5.72. The predicted molar refractivity (Wildman–Crippen MR) is 78.7 cm³/mol. The van der Waals surface area contributed by atoms with Crippen molar-refractivity contribution >= 4 is 17.5 Å². The average molecular weight is 297 g/mol. The number of nitrogens with one attached hydrogen (secondary N) is 1. The molecule has 4 nitrogen and oxygen atoms in total. The molecule has 0 bridgehead atoms. The van der Waals surface area contributed by atoms with Crippen molar-refractivity contribution in [2.45, 2.75) is 45.3 Å². The van der Waals surface area contributed by atoms with Crippen molar-refractivity contribution in [1.82, 2.24) is 10.3 Å². The highest BCUT2D eigenvalue weighted by Gasteiger charge is 2.58. The minimum absolute atomic E-state index is 0.00495. The first-order valence-electron chi connectivity index (χ1n) is 6.73. The van der Waals surface area contributed by atoms with Gasteiger partial charge in [0.1, 0.15) is 5.15 Å². The number of ether oxygens (including phenoxy) is 1. The maximum atomic E-state index is 12.1. The number of aromatic nitrogens is 1. The molecule has 1 amide bonds. The zero-order valence-corrected chi connectivity index (χ0v) is 13.1. The molecule has 1 heterocycles. The molecule has 1 aromatic heterocycles. The monoisotopic (exact) mass is 296 g/mol. The van der Waals surface area contributed by atoms with Crippen LogP contribution in [0.1, 0.15) is 32.8 Å². The van der Waals surface area contributed by atoms with Gasteiger partial charge in [-0.1, -0.05) is 31.5 Å². The molecule has 0 aromatic carbocycles. The topological polar surface area (TPSA) is 51.2 Å². The molecule has 0 spiro atoms. The summed E-state index contributed by atoms with van der Waals surface area (Å²) in [6.07, 6.45) is 2.79. The Kier molecular flexibility index (Phi) is 4.07. The van der Waals surface area contributed by atoms with Crippen LogP contribution in [0, 0.1) is 5.41 Å². The van der Waals surface area contributed by atoms with Crippen LogP contribution in [-0.2, 0) is 16.0 Å². The van der Waals surface area contributed by atoms with Crippen LogP contribution < -0.4 is 5.32 Å². The maximum absolute atomic E-state index is 12.1. The van der Waals surface area contributed by atoms with Crippen LogP contribution in [0.3, 0.4) is 0 Å². The molecular weight excluding hydrogens is 276 g/mol. The summed E-state index contributed by atoms with van der Waals surface area (Å²) in [5.74, 6) is 0.00495. The molecule has 1 N–H and O–H groups in total. The molecule has 0 radical (unpaired) electrons. The zero-order chi connectivity index (χ0) is 15.0. The molecule has 2 rings (SSSR count). The lowest BCUT2D eigenvalue weighted by molar-refractivity contribution is -0.182. The maximum Gasteiger partial charge on any atom is 0.224 e. The summed E-state index contributed by atoms with van der Waals surface area (Å²) in [6.45, 7) is 6.32. The minimum atomic E-state index is -0.174. The van der Waals surface area contributed by atoms with Gasteiger partial charge in [-0.25, -0.2) is 4.98 Å². The summed E-state index contributed by atoms with van der Waals surface area (Å²) in [6, 6.07) is 3.65. The van der Waals surface area contributed by atoms with E-state index in [4.69, 9.17) is 16.3 Å². The molecule has 1 aliphatic carbocycles. The van der Waals surface area contributed by atoms with Crippen molar-refractivity contribution in [3.63, 3.8) is 0 Å². The number of hydrogen-bond acceptors (Lipinski definition) is 3. The lowest BCUT2D eigenvalue weighted by atomic mass is 9.56. The number of carbonyl (C=O) groups is 1. The van der Waals surface area contributed by atoms with Crippen LogP contribution in [0.2, 0.25) is 5.15 Å². The number of carbonyl (C=O) groups excluding carboxylic acids is 1. The van der Waals surface area contributed by atoms with Gasteiger partial charge in [0.25, 0.3) is 0 Å². The summed E-state index contributed by atoms with van der Waals surface area (Å²) in [5.41, 5.74) is 0.612.